The molecule has 2 saturated heterocycles. The van der Waals surface area contributed by atoms with Crippen molar-refractivity contribution in [2.45, 2.75) is 43.5 Å². The van der Waals surface area contributed by atoms with Crippen LogP contribution in [0.25, 0.3) is 11.2 Å². The van der Waals surface area contributed by atoms with Gasteiger partial charge in [0.25, 0.3) is 0 Å². The van der Waals surface area contributed by atoms with E-state index in [-0.39, 0.29) is 12.1 Å². The van der Waals surface area contributed by atoms with Crippen molar-refractivity contribution in [1.29, 1.82) is 0 Å². The Hall–Kier alpha value is -2.05. The molecule has 4 rings (SSSR count). The maximum absolute atomic E-state index is 10.2. The van der Waals surface area contributed by atoms with Crippen molar-refractivity contribution in [3.05, 3.63) is 6.33 Å². The zero-order chi connectivity index (χ0) is 18.3. The van der Waals surface area contributed by atoms with Crippen molar-refractivity contribution >= 4 is 22.9 Å². The molecule has 26 heavy (non-hydrogen) atoms. The molecule has 0 aromatic carbocycles. The molecule has 4 heterocycles. The summed E-state index contributed by atoms with van der Waals surface area (Å²) in [6.45, 7) is 0.923. The summed E-state index contributed by atoms with van der Waals surface area (Å²) < 4.78 is 12.6. The molecule has 11 nitrogen and oxygen atoms in total. The molecule has 11 heteroatoms. The van der Waals surface area contributed by atoms with Gasteiger partial charge in [-0.1, -0.05) is 0 Å². The number of aromatic nitrogens is 4. The van der Waals surface area contributed by atoms with Crippen LogP contribution in [0, 0.1) is 0 Å². The molecule has 0 saturated carbocycles. The Labute approximate surface area is 148 Å². The molecule has 0 radical (unpaired) electrons. The number of nitrogens with one attached hydrogen (secondary N) is 1. The first-order chi connectivity index (χ1) is 12.6. The minimum absolute atomic E-state index is 0.0424. The fourth-order valence-electron chi connectivity index (χ4n) is 3.37. The number of aliphatic hydroxyl groups excluding tert-OH is 3. The fraction of sp³-hybridized carbons (Fsp3) is 0.667. The highest BCUT2D eigenvalue weighted by atomic mass is 16.6. The minimum atomic E-state index is -1.23. The molecule has 2 aliphatic heterocycles. The number of rotatable bonds is 5. The highest BCUT2D eigenvalue weighted by molar-refractivity contribution is 5.84. The summed E-state index contributed by atoms with van der Waals surface area (Å²) in [4.78, 5) is 12.7. The molecule has 1 unspecified atom stereocenters. The quantitative estimate of drug-likeness (QED) is 0.426. The number of anilines is 2. The average molecular weight is 366 g/mol. The first-order valence-electron chi connectivity index (χ1n) is 8.56. The highest BCUT2D eigenvalue weighted by Crippen LogP contribution is 2.32. The Morgan fingerprint density at radius 3 is 2.85 bits per heavy atom. The van der Waals surface area contributed by atoms with Crippen molar-refractivity contribution in [3.8, 4) is 0 Å². The minimum Gasteiger partial charge on any atom is -0.394 e. The topological polar surface area (TPSA) is 161 Å². The molecular formula is C15H22N6O5. The van der Waals surface area contributed by atoms with Crippen LogP contribution in [-0.2, 0) is 9.47 Å². The van der Waals surface area contributed by atoms with Gasteiger partial charge in [-0.15, -0.1) is 0 Å². The van der Waals surface area contributed by atoms with Crippen molar-refractivity contribution in [3.63, 3.8) is 0 Å². The van der Waals surface area contributed by atoms with E-state index >= 15 is 0 Å². The number of hydrogen-bond acceptors (Lipinski definition) is 10. The molecule has 0 aliphatic carbocycles. The third kappa shape index (κ3) is 2.97. The van der Waals surface area contributed by atoms with Gasteiger partial charge in [0.05, 0.1) is 19.0 Å². The van der Waals surface area contributed by atoms with Gasteiger partial charge in [-0.2, -0.15) is 9.97 Å². The number of fused-ring (bicyclic) bond motifs is 1. The predicted octanol–water partition coefficient (Wildman–Crippen LogP) is -1.39. The van der Waals surface area contributed by atoms with E-state index in [4.69, 9.17) is 15.2 Å². The van der Waals surface area contributed by atoms with Crippen LogP contribution >= 0.6 is 0 Å². The van der Waals surface area contributed by atoms with E-state index in [2.05, 4.69) is 20.3 Å². The smallest absolute Gasteiger partial charge is 0.224 e. The van der Waals surface area contributed by atoms with Crippen LogP contribution in [0.1, 0.15) is 19.1 Å². The van der Waals surface area contributed by atoms with Gasteiger partial charge in [0.2, 0.25) is 5.95 Å². The Bertz CT molecular complexity index is 779. The second kappa shape index (κ2) is 6.93. The third-order valence-electron chi connectivity index (χ3n) is 4.75. The number of imidazole rings is 1. The summed E-state index contributed by atoms with van der Waals surface area (Å²) in [6, 6.07) is 0. The highest BCUT2D eigenvalue weighted by Gasteiger charge is 2.44. The normalized spacial score (nSPS) is 31.7. The number of hydrogen-bond donors (Lipinski definition) is 5. The molecule has 2 fully saturated rings. The monoisotopic (exact) mass is 366 g/mol. The first-order valence-corrected chi connectivity index (χ1v) is 8.56. The van der Waals surface area contributed by atoms with Crippen molar-refractivity contribution in [1.82, 2.24) is 19.5 Å². The SMILES string of the molecule is Nc1nc(NCC2CCCO2)c2ncn([C@@H]3O[C@H](CO)[C@@H](O)[C@H]3O)c2n1. The van der Waals surface area contributed by atoms with E-state index in [1.165, 1.54) is 10.9 Å². The standard InChI is InChI=1S/C15H22N6O5/c16-15-19-12(17-4-7-2-1-3-25-7)9-13(20-15)21(6-18-9)14-11(24)10(23)8(5-22)26-14/h6-8,10-11,14,22-24H,1-5H2,(H3,16,17,19,20)/t7?,8-,10-,11-,14-/m1/s1. The number of nitrogens with two attached hydrogens (primary N) is 1. The average Bonchev–Trinajstić information content (AvgIpc) is 3.34. The Morgan fingerprint density at radius 2 is 2.15 bits per heavy atom. The number of nitrogens with zero attached hydrogens (tertiary/aromatic N) is 4. The third-order valence-corrected chi connectivity index (χ3v) is 4.75. The first kappa shape index (κ1) is 17.4. The van der Waals surface area contributed by atoms with Gasteiger partial charge in [0.1, 0.15) is 18.3 Å². The summed E-state index contributed by atoms with van der Waals surface area (Å²) in [5.41, 5.74) is 6.65. The van der Waals surface area contributed by atoms with E-state index in [0.717, 1.165) is 19.4 Å². The Kier molecular flexibility index (Phi) is 4.63. The van der Waals surface area contributed by atoms with Gasteiger partial charge in [0, 0.05) is 13.2 Å². The summed E-state index contributed by atoms with van der Waals surface area (Å²) in [7, 11) is 0. The number of nitrogen functional groups attached to an aromatic ring is 1. The lowest BCUT2D eigenvalue weighted by Gasteiger charge is -2.17. The van der Waals surface area contributed by atoms with E-state index in [1.54, 1.807) is 0 Å². The Balaban J connectivity index is 1.63. The molecule has 2 aliphatic rings. The van der Waals surface area contributed by atoms with E-state index in [1.807, 2.05) is 0 Å². The molecule has 5 atom stereocenters. The lowest BCUT2D eigenvalue weighted by atomic mass is 10.1. The van der Waals surface area contributed by atoms with Crippen LogP contribution in [0.5, 0.6) is 0 Å². The zero-order valence-electron chi connectivity index (χ0n) is 14.0. The van der Waals surface area contributed by atoms with Crippen molar-refractivity contribution in [2.24, 2.45) is 0 Å². The lowest BCUT2D eigenvalue weighted by molar-refractivity contribution is -0.0511. The van der Waals surface area contributed by atoms with Gasteiger partial charge in [0.15, 0.2) is 23.2 Å². The Morgan fingerprint density at radius 1 is 1.31 bits per heavy atom. The molecular weight excluding hydrogens is 344 g/mol. The number of ether oxygens (including phenoxy) is 2. The van der Waals surface area contributed by atoms with Crippen LogP contribution < -0.4 is 11.1 Å². The summed E-state index contributed by atoms with van der Waals surface area (Å²) in [5, 5.41) is 32.6. The van der Waals surface area contributed by atoms with Gasteiger partial charge >= 0.3 is 0 Å². The molecule has 0 spiro atoms. The molecule has 2 aromatic rings. The van der Waals surface area contributed by atoms with Crippen molar-refractivity contribution in [2.75, 3.05) is 30.8 Å². The lowest BCUT2D eigenvalue weighted by Crippen LogP contribution is -2.33. The van der Waals surface area contributed by atoms with Crippen LogP contribution in [0.15, 0.2) is 6.33 Å². The molecule has 142 valence electrons. The second-order valence-corrected chi connectivity index (χ2v) is 6.50. The van der Waals surface area contributed by atoms with Gasteiger partial charge in [-0.05, 0) is 12.8 Å². The molecule has 0 bridgehead atoms. The maximum atomic E-state index is 10.2. The van der Waals surface area contributed by atoms with Crippen LogP contribution in [0.4, 0.5) is 11.8 Å². The summed E-state index contributed by atoms with van der Waals surface area (Å²) in [6.07, 6.45) is -0.694. The summed E-state index contributed by atoms with van der Waals surface area (Å²) >= 11 is 0. The van der Waals surface area contributed by atoms with Gasteiger partial charge in [-0.25, -0.2) is 4.98 Å². The summed E-state index contributed by atoms with van der Waals surface area (Å²) in [5.74, 6) is 0.509. The second-order valence-electron chi connectivity index (χ2n) is 6.50. The number of aliphatic hydroxyl groups is 3. The maximum Gasteiger partial charge on any atom is 0.224 e. The van der Waals surface area contributed by atoms with E-state index < -0.39 is 31.1 Å². The molecule has 6 N–H and O–H groups in total. The van der Waals surface area contributed by atoms with Gasteiger partial charge in [-0.3, -0.25) is 4.57 Å². The largest absolute Gasteiger partial charge is 0.394 e. The fourth-order valence-corrected chi connectivity index (χ4v) is 3.37. The molecule has 0 amide bonds. The van der Waals surface area contributed by atoms with E-state index in [9.17, 15) is 15.3 Å². The molecule has 2 aromatic heterocycles. The van der Waals surface area contributed by atoms with Crippen LogP contribution in [-0.4, -0.2) is 79.0 Å². The van der Waals surface area contributed by atoms with E-state index in [0.29, 0.717) is 23.5 Å². The predicted molar refractivity (Wildman–Crippen MR) is 90.2 cm³/mol. The van der Waals surface area contributed by atoms with Crippen LogP contribution in [0.2, 0.25) is 0 Å². The van der Waals surface area contributed by atoms with Crippen LogP contribution in [0.3, 0.4) is 0 Å². The van der Waals surface area contributed by atoms with Gasteiger partial charge < -0.3 is 35.8 Å². The van der Waals surface area contributed by atoms with Crippen molar-refractivity contribution < 1.29 is 24.8 Å². The zero-order valence-corrected chi connectivity index (χ0v) is 14.0.